The smallest absolute Gasteiger partial charge is 0.332 e. The van der Waals surface area contributed by atoms with E-state index in [-0.39, 0.29) is 5.97 Å². The van der Waals surface area contributed by atoms with E-state index in [4.69, 9.17) is 18.9 Å². The summed E-state index contributed by atoms with van der Waals surface area (Å²) >= 11 is 0. The van der Waals surface area contributed by atoms with Crippen LogP contribution >= 0.6 is 0 Å². The number of ether oxygens (including phenoxy) is 4. The van der Waals surface area contributed by atoms with Gasteiger partial charge >= 0.3 is 5.97 Å². The SMILES string of the molecule is COc1cc(C=CC(=O)O[C@]23CCC[C@H](CC2)N3C)cc(OC)c1OC. The molecule has 2 bridgehead atoms. The van der Waals surface area contributed by atoms with Crippen LogP contribution in [-0.4, -0.2) is 51.0 Å². The van der Waals surface area contributed by atoms with Gasteiger partial charge in [-0.15, -0.1) is 0 Å². The zero-order chi connectivity index (χ0) is 18.7. The molecule has 0 aromatic heterocycles. The molecule has 0 radical (unpaired) electrons. The molecular weight excluding hydrogens is 334 g/mol. The monoisotopic (exact) mass is 361 g/mol. The Balaban J connectivity index is 1.74. The van der Waals surface area contributed by atoms with Crippen molar-refractivity contribution in [3.63, 3.8) is 0 Å². The lowest BCUT2D eigenvalue weighted by molar-refractivity contribution is -0.179. The average Bonchev–Trinajstić information content (AvgIpc) is 2.83. The summed E-state index contributed by atoms with van der Waals surface area (Å²) in [5, 5.41) is 0. The third kappa shape index (κ3) is 3.38. The van der Waals surface area contributed by atoms with Crippen LogP contribution in [0.1, 0.15) is 37.7 Å². The zero-order valence-corrected chi connectivity index (χ0v) is 15.9. The molecule has 1 aromatic carbocycles. The standard InChI is InChI=1S/C20H27NO5/c1-21-15-6-5-10-20(21,11-9-15)26-18(22)8-7-14-12-16(23-2)19(25-4)17(13-14)24-3/h7-8,12-13,15H,5-6,9-11H2,1-4H3/t15-,20-/m1/s1. The number of rotatable bonds is 6. The van der Waals surface area contributed by atoms with Gasteiger partial charge in [0.15, 0.2) is 17.2 Å². The van der Waals surface area contributed by atoms with E-state index in [1.165, 1.54) is 12.5 Å². The van der Waals surface area contributed by atoms with Crippen molar-refractivity contribution in [2.45, 2.75) is 43.9 Å². The molecule has 26 heavy (non-hydrogen) atoms. The number of nitrogens with zero attached hydrogens (tertiary/aromatic N) is 1. The highest BCUT2D eigenvalue weighted by Gasteiger charge is 2.49. The molecule has 6 nitrogen and oxygen atoms in total. The molecule has 3 rings (SSSR count). The number of hydrogen-bond acceptors (Lipinski definition) is 6. The molecular formula is C20H27NO5. The van der Waals surface area contributed by atoms with Crippen LogP contribution in [0.25, 0.3) is 6.08 Å². The maximum Gasteiger partial charge on any atom is 0.332 e. The Kier molecular flexibility index (Phi) is 5.41. The molecule has 0 spiro atoms. The molecule has 142 valence electrons. The van der Waals surface area contributed by atoms with Crippen molar-refractivity contribution in [2.75, 3.05) is 28.4 Å². The maximum absolute atomic E-state index is 12.4. The van der Waals surface area contributed by atoms with Gasteiger partial charge in [0.1, 0.15) is 0 Å². The summed E-state index contributed by atoms with van der Waals surface area (Å²) in [6.45, 7) is 0. The second-order valence-corrected chi connectivity index (χ2v) is 6.85. The number of hydrogen-bond donors (Lipinski definition) is 0. The topological polar surface area (TPSA) is 57.2 Å². The van der Waals surface area contributed by atoms with E-state index in [1.807, 2.05) is 0 Å². The van der Waals surface area contributed by atoms with Crippen LogP contribution in [0.2, 0.25) is 0 Å². The van der Waals surface area contributed by atoms with E-state index in [2.05, 4.69) is 11.9 Å². The van der Waals surface area contributed by atoms with Crippen molar-refractivity contribution < 1.29 is 23.7 Å². The number of carbonyl (C=O) groups is 1. The number of methoxy groups -OCH3 is 3. The van der Waals surface area contributed by atoms with E-state index in [0.29, 0.717) is 23.3 Å². The Hall–Kier alpha value is -2.21. The summed E-state index contributed by atoms with van der Waals surface area (Å²) in [5.74, 6) is 1.29. The van der Waals surface area contributed by atoms with Gasteiger partial charge in [-0.1, -0.05) is 0 Å². The molecule has 6 heteroatoms. The normalized spacial score (nSPS) is 25.3. The van der Waals surface area contributed by atoms with Crippen molar-refractivity contribution >= 4 is 12.0 Å². The Labute approximate surface area is 154 Å². The Morgan fingerprint density at radius 1 is 1.12 bits per heavy atom. The van der Waals surface area contributed by atoms with Crippen molar-refractivity contribution in [3.8, 4) is 17.2 Å². The molecule has 0 amide bonds. The summed E-state index contributed by atoms with van der Waals surface area (Å²) in [6, 6.07) is 4.12. The summed E-state index contributed by atoms with van der Waals surface area (Å²) in [6.07, 6.45) is 8.39. The lowest BCUT2D eigenvalue weighted by atomic mass is 10.0. The minimum absolute atomic E-state index is 0.326. The first-order valence-electron chi connectivity index (χ1n) is 8.97. The van der Waals surface area contributed by atoms with Gasteiger partial charge in [0.2, 0.25) is 5.75 Å². The van der Waals surface area contributed by atoms with Gasteiger partial charge < -0.3 is 18.9 Å². The number of piperidine rings is 1. The number of fused-ring (bicyclic) bond motifs is 2. The maximum atomic E-state index is 12.4. The first kappa shape index (κ1) is 18.6. The van der Waals surface area contributed by atoms with Crippen LogP contribution in [0.3, 0.4) is 0 Å². The molecule has 2 fully saturated rings. The molecule has 1 aromatic rings. The van der Waals surface area contributed by atoms with Gasteiger partial charge in [-0.2, -0.15) is 0 Å². The molecule has 2 atom stereocenters. The predicted molar refractivity (Wildman–Crippen MR) is 98.6 cm³/mol. The van der Waals surface area contributed by atoms with Crippen molar-refractivity contribution in [1.82, 2.24) is 4.90 Å². The van der Waals surface area contributed by atoms with E-state index >= 15 is 0 Å². The molecule has 0 N–H and O–H groups in total. The zero-order valence-electron chi connectivity index (χ0n) is 15.9. The van der Waals surface area contributed by atoms with Crippen LogP contribution in [0.4, 0.5) is 0 Å². The summed E-state index contributed by atoms with van der Waals surface area (Å²) < 4.78 is 21.9. The Morgan fingerprint density at radius 2 is 1.81 bits per heavy atom. The molecule has 0 aliphatic carbocycles. The Morgan fingerprint density at radius 3 is 2.42 bits per heavy atom. The van der Waals surface area contributed by atoms with Gasteiger partial charge in [-0.25, -0.2) is 4.79 Å². The molecule has 2 aliphatic rings. The molecule has 2 aliphatic heterocycles. The van der Waals surface area contributed by atoms with Gasteiger partial charge in [0, 0.05) is 25.0 Å². The number of benzene rings is 1. The van der Waals surface area contributed by atoms with E-state index in [0.717, 1.165) is 31.2 Å². The Bertz CT molecular complexity index is 672. The lowest BCUT2D eigenvalue weighted by Gasteiger charge is -2.41. The van der Waals surface area contributed by atoms with Crippen LogP contribution in [0.5, 0.6) is 17.2 Å². The molecule has 2 saturated heterocycles. The molecule has 0 saturated carbocycles. The third-order valence-corrected chi connectivity index (χ3v) is 5.55. The van der Waals surface area contributed by atoms with E-state index in [9.17, 15) is 4.79 Å². The quantitative estimate of drug-likeness (QED) is 0.573. The van der Waals surface area contributed by atoms with Gasteiger partial charge in [0.25, 0.3) is 0 Å². The lowest BCUT2D eigenvalue weighted by Crippen LogP contribution is -2.50. The molecule has 2 heterocycles. The minimum atomic E-state index is -0.431. The second-order valence-electron chi connectivity index (χ2n) is 6.85. The number of esters is 1. The highest BCUT2D eigenvalue weighted by molar-refractivity contribution is 5.87. The van der Waals surface area contributed by atoms with E-state index in [1.54, 1.807) is 39.5 Å². The van der Waals surface area contributed by atoms with Crippen molar-refractivity contribution in [1.29, 1.82) is 0 Å². The number of carbonyl (C=O) groups excluding carboxylic acids is 1. The van der Waals surface area contributed by atoms with Crippen molar-refractivity contribution in [2.24, 2.45) is 0 Å². The van der Waals surface area contributed by atoms with Gasteiger partial charge in [0.05, 0.1) is 21.3 Å². The molecule has 0 unspecified atom stereocenters. The summed E-state index contributed by atoms with van der Waals surface area (Å²) in [5.41, 5.74) is 0.342. The highest BCUT2D eigenvalue weighted by Crippen LogP contribution is 2.44. The highest BCUT2D eigenvalue weighted by atomic mass is 16.6. The van der Waals surface area contributed by atoms with Gasteiger partial charge in [-0.3, -0.25) is 4.90 Å². The first-order chi connectivity index (χ1) is 12.5. The summed E-state index contributed by atoms with van der Waals surface area (Å²) in [4.78, 5) is 14.7. The summed E-state index contributed by atoms with van der Waals surface area (Å²) in [7, 11) is 6.75. The van der Waals surface area contributed by atoms with E-state index < -0.39 is 5.72 Å². The average molecular weight is 361 g/mol. The minimum Gasteiger partial charge on any atom is -0.493 e. The van der Waals surface area contributed by atoms with Crippen LogP contribution in [0, 0.1) is 0 Å². The third-order valence-electron chi connectivity index (χ3n) is 5.55. The van der Waals surface area contributed by atoms with Gasteiger partial charge in [-0.05, 0) is 50.1 Å². The van der Waals surface area contributed by atoms with Crippen LogP contribution in [-0.2, 0) is 9.53 Å². The predicted octanol–water partition coefficient (Wildman–Crippen LogP) is 3.24. The van der Waals surface area contributed by atoms with Crippen LogP contribution in [0.15, 0.2) is 18.2 Å². The second kappa shape index (κ2) is 7.58. The van der Waals surface area contributed by atoms with Crippen molar-refractivity contribution in [3.05, 3.63) is 23.8 Å². The fourth-order valence-electron chi connectivity index (χ4n) is 4.11. The fraction of sp³-hybridized carbons (Fsp3) is 0.550. The fourth-order valence-corrected chi connectivity index (χ4v) is 4.11. The van der Waals surface area contributed by atoms with Crippen LogP contribution < -0.4 is 14.2 Å². The first-order valence-corrected chi connectivity index (χ1v) is 8.97. The largest absolute Gasteiger partial charge is 0.493 e.